The first kappa shape index (κ1) is 30.0. The van der Waals surface area contributed by atoms with E-state index in [2.05, 4.69) is 37.7 Å². The minimum atomic E-state index is -4.02. The van der Waals surface area contributed by atoms with E-state index < -0.39 is 16.1 Å². The van der Waals surface area contributed by atoms with Crippen molar-refractivity contribution in [2.24, 2.45) is 52.3 Å². The van der Waals surface area contributed by atoms with Crippen LogP contribution in [0.4, 0.5) is 4.79 Å². The number of sulfonamides is 1. The second-order valence-corrected chi connectivity index (χ2v) is 16.4. The molecule has 1 aromatic rings. The van der Waals surface area contributed by atoms with E-state index in [1.807, 2.05) is 0 Å². The van der Waals surface area contributed by atoms with E-state index in [0.29, 0.717) is 46.6 Å². The second-order valence-electron chi connectivity index (χ2n) is 14.7. The first-order valence-electron chi connectivity index (χ1n) is 16.3. The molecule has 0 aromatic heterocycles. The van der Waals surface area contributed by atoms with Crippen molar-refractivity contribution < 1.29 is 27.8 Å². The van der Waals surface area contributed by atoms with Crippen molar-refractivity contribution in [2.45, 2.75) is 103 Å². The van der Waals surface area contributed by atoms with Crippen LogP contribution < -0.4 is 19.5 Å². The predicted octanol–water partition coefficient (Wildman–Crippen LogP) is 6.09. The van der Waals surface area contributed by atoms with Gasteiger partial charge in [-0.2, -0.15) is 0 Å². The number of hydrogen-bond donors (Lipinski definition) is 3. The van der Waals surface area contributed by atoms with Crippen molar-refractivity contribution in [3.05, 3.63) is 18.2 Å². The van der Waals surface area contributed by atoms with Gasteiger partial charge in [0.05, 0.1) is 11.0 Å². The summed E-state index contributed by atoms with van der Waals surface area (Å²) in [4.78, 5) is 12.5. The first-order chi connectivity index (χ1) is 20.0. The van der Waals surface area contributed by atoms with Gasteiger partial charge in [-0.25, -0.2) is 17.9 Å². The standard InChI is InChI=1S/C33H50N2O6S/c1-5-21-16-24-26-8-7-25(32(26,3)14-11-27(24)33(4)13-10-22(36)17-28(21)33)20(2)12-15-34-31(37)35-42(38,39)23-6-9-29-30(18-23)41-19-40-29/h6,9,18,20-22,24-28,36H,5,7-8,10-17,19H2,1-4H3,(H2,34,35,37)/t20-,21+,22-,24+,25-,26+,27+,28+,32-,33-/m1/s1. The fourth-order valence-electron chi connectivity index (χ4n) is 10.8. The molecule has 0 bridgehead atoms. The lowest BCUT2D eigenvalue weighted by Gasteiger charge is -2.63. The van der Waals surface area contributed by atoms with Crippen LogP contribution >= 0.6 is 0 Å². The lowest BCUT2D eigenvalue weighted by atomic mass is 9.42. The topological polar surface area (TPSA) is 114 Å². The van der Waals surface area contributed by atoms with Crippen LogP contribution in [-0.2, 0) is 10.0 Å². The Balaban J connectivity index is 1.05. The van der Waals surface area contributed by atoms with Crippen LogP contribution in [-0.4, -0.2) is 39.0 Å². The summed E-state index contributed by atoms with van der Waals surface area (Å²) in [5.74, 6) is 5.62. The molecule has 8 nitrogen and oxygen atoms in total. The molecule has 0 unspecified atom stereocenters. The normalized spacial score (nSPS) is 39.5. The Morgan fingerprint density at radius 3 is 2.55 bits per heavy atom. The number of aliphatic hydroxyl groups excluding tert-OH is 1. The summed E-state index contributed by atoms with van der Waals surface area (Å²) >= 11 is 0. The molecule has 10 atom stereocenters. The Bertz CT molecular complexity index is 1290. The third kappa shape index (κ3) is 5.10. The lowest BCUT2D eigenvalue weighted by molar-refractivity contribution is -0.152. The number of carbonyl (C=O) groups excluding carboxylic acids is 1. The first-order valence-corrected chi connectivity index (χ1v) is 17.8. The number of hydrogen-bond acceptors (Lipinski definition) is 6. The Kier molecular flexibility index (Phi) is 7.99. The van der Waals surface area contributed by atoms with E-state index in [1.54, 1.807) is 0 Å². The van der Waals surface area contributed by atoms with Gasteiger partial charge in [0, 0.05) is 12.6 Å². The second kappa shape index (κ2) is 11.2. The highest BCUT2D eigenvalue weighted by Gasteiger charge is 2.62. The van der Waals surface area contributed by atoms with Gasteiger partial charge in [0.25, 0.3) is 10.0 Å². The number of carbonyl (C=O) groups is 1. The molecular formula is C33H50N2O6S. The lowest BCUT2D eigenvalue weighted by Crippen LogP contribution is -2.56. The average molecular weight is 603 g/mol. The van der Waals surface area contributed by atoms with Gasteiger partial charge in [0.2, 0.25) is 6.79 Å². The monoisotopic (exact) mass is 602 g/mol. The third-order valence-corrected chi connectivity index (χ3v) is 14.2. The number of nitrogens with one attached hydrogen (secondary N) is 2. The smallest absolute Gasteiger partial charge is 0.328 e. The molecular weight excluding hydrogens is 552 g/mol. The largest absolute Gasteiger partial charge is 0.454 e. The highest BCUT2D eigenvalue weighted by Crippen LogP contribution is 2.69. The zero-order valence-electron chi connectivity index (χ0n) is 25.7. The molecule has 4 saturated carbocycles. The molecule has 0 saturated heterocycles. The number of rotatable bonds is 7. The minimum absolute atomic E-state index is 0.0339. The van der Waals surface area contributed by atoms with Gasteiger partial charge in [-0.15, -0.1) is 0 Å². The van der Waals surface area contributed by atoms with E-state index in [4.69, 9.17) is 9.47 Å². The van der Waals surface area contributed by atoms with Crippen molar-refractivity contribution in [1.82, 2.24) is 10.0 Å². The van der Waals surface area contributed by atoms with Gasteiger partial charge in [-0.05, 0) is 122 Å². The maximum Gasteiger partial charge on any atom is 0.328 e. The average Bonchev–Trinajstić information content (AvgIpc) is 3.56. The van der Waals surface area contributed by atoms with Crippen LogP contribution in [0.3, 0.4) is 0 Å². The van der Waals surface area contributed by atoms with Gasteiger partial charge in [0.15, 0.2) is 11.5 Å². The molecule has 4 fully saturated rings. The molecule has 9 heteroatoms. The van der Waals surface area contributed by atoms with Crippen LogP contribution in [0.25, 0.3) is 0 Å². The molecule has 0 radical (unpaired) electrons. The van der Waals surface area contributed by atoms with E-state index in [-0.39, 0.29) is 17.8 Å². The summed E-state index contributed by atoms with van der Waals surface area (Å²) in [7, 11) is -4.02. The fraction of sp³-hybridized carbons (Fsp3) is 0.788. The van der Waals surface area contributed by atoms with Crippen LogP contribution in [0.5, 0.6) is 11.5 Å². The molecule has 3 N–H and O–H groups in total. The summed E-state index contributed by atoms with van der Waals surface area (Å²) in [5.41, 5.74) is 0.688. The van der Waals surface area contributed by atoms with Gasteiger partial charge in [-0.1, -0.05) is 34.1 Å². The number of aliphatic hydroxyl groups is 1. The summed E-state index contributed by atoms with van der Waals surface area (Å²) in [5, 5.41) is 13.3. The van der Waals surface area contributed by atoms with Crippen LogP contribution in [0.15, 0.2) is 23.1 Å². The van der Waals surface area contributed by atoms with E-state index in [0.717, 1.165) is 42.9 Å². The molecule has 1 aliphatic heterocycles. The van der Waals surface area contributed by atoms with Gasteiger partial charge < -0.3 is 19.9 Å². The molecule has 4 aliphatic carbocycles. The molecule has 2 amide bonds. The summed E-state index contributed by atoms with van der Waals surface area (Å²) in [6.07, 6.45) is 11.5. The van der Waals surface area contributed by atoms with Crippen molar-refractivity contribution >= 4 is 16.1 Å². The quantitative estimate of drug-likeness (QED) is 0.348. The van der Waals surface area contributed by atoms with E-state index >= 15 is 0 Å². The van der Waals surface area contributed by atoms with Crippen molar-refractivity contribution in [1.29, 1.82) is 0 Å². The van der Waals surface area contributed by atoms with Crippen LogP contribution in [0.1, 0.15) is 91.9 Å². The molecule has 6 rings (SSSR count). The van der Waals surface area contributed by atoms with Crippen LogP contribution in [0.2, 0.25) is 0 Å². The molecule has 5 aliphatic rings. The maximum atomic E-state index is 12.8. The number of ether oxygens (including phenoxy) is 2. The highest BCUT2D eigenvalue weighted by atomic mass is 32.2. The third-order valence-electron chi connectivity index (χ3n) is 12.9. The predicted molar refractivity (Wildman–Crippen MR) is 160 cm³/mol. The molecule has 1 aromatic carbocycles. The number of urea groups is 1. The SMILES string of the molecule is CC[C@H]1C[C@@H]2[C@H](CC[C@]3(C)[C@@H]([C@H](C)CCNC(=O)NS(=O)(=O)c4ccc5c(c4)OCO5)CC[C@@H]23)[C@@]2(C)CC[C@@H](O)C[C@@H]12. The Labute approximate surface area is 251 Å². The number of benzene rings is 1. The fourth-order valence-corrected chi connectivity index (χ4v) is 11.7. The highest BCUT2D eigenvalue weighted by molar-refractivity contribution is 7.90. The van der Waals surface area contributed by atoms with E-state index in [9.17, 15) is 18.3 Å². The summed E-state index contributed by atoms with van der Waals surface area (Å²) in [6, 6.07) is 3.61. The number of amides is 2. The number of fused-ring (bicyclic) bond motifs is 6. The zero-order valence-corrected chi connectivity index (χ0v) is 26.5. The Morgan fingerprint density at radius 1 is 1.02 bits per heavy atom. The van der Waals surface area contributed by atoms with Crippen LogP contribution in [0, 0.1) is 52.3 Å². The molecule has 234 valence electrons. The van der Waals surface area contributed by atoms with Crippen molar-refractivity contribution in [3.8, 4) is 11.5 Å². The zero-order chi connectivity index (χ0) is 29.9. The van der Waals surface area contributed by atoms with Gasteiger partial charge in [-0.3, -0.25) is 0 Å². The van der Waals surface area contributed by atoms with E-state index in [1.165, 1.54) is 63.1 Å². The van der Waals surface area contributed by atoms with Gasteiger partial charge >= 0.3 is 6.03 Å². The molecule has 1 heterocycles. The molecule has 0 spiro atoms. The maximum absolute atomic E-state index is 12.8. The van der Waals surface area contributed by atoms with Crippen molar-refractivity contribution in [2.75, 3.05) is 13.3 Å². The van der Waals surface area contributed by atoms with Crippen molar-refractivity contribution in [3.63, 3.8) is 0 Å². The summed E-state index contributed by atoms with van der Waals surface area (Å²) in [6.45, 7) is 10.3. The summed E-state index contributed by atoms with van der Waals surface area (Å²) < 4.78 is 38.2. The van der Waals surface area contributed by atoms with Gasteiger partial charge in [0.1, 0.15) is 0 Å². The Hall–Kier alpha value is -2.00. The Morgan fingerprint density at radius 2 is 1.76 bits per heavy atom. The minimum Gasteiger partial charge on any atom is -0.454 e. The molecule has 42 heavy (non-hydrogen) atoms.